The van der Waals surface area contributed by atoms with E-state index >= 15 is 0 Å². The molecule has 0 saturated heterocycles. The van der Waals surface area contributed by atoms with Gasteiger partial charge in [-0.1, -0.05) is 12.1 Å². The number of rotatable bonds is 8. The SMILES string of the molecule is COCCN(CC(=O)c1ccc(C#N)cc1)C(C)C1CC1. The van der Waals surface area contributed by atoms with Crippen molar-refractivity contribution in [3.8, 4) is 6.07 Å². The summed E-state index contributed by atoms with van der Waals surface area (Å²) in [6, 6.07) is 9.33. The number of Topliss-reactive ketones (excluding diaryl/α,β-unsaturated/α-hetero) is 1. The van der Waals surface area contributed by atoms with Crippen LogP contribution in [0.3, 0.4) is 0 Å². The Kier molecular flexibility index (Phi) is 5.49. The van der Waals surface area contributed by atoms with Gasteiger partial charge >= 0.3 is 0 Å². The molecule has 4 nitrogen and oxygen atoms in total. The molecule has 1 aliphatic carbocycles. The normalized spacial score (nSPS) is 15.7. The standard InChI is InChI=1S/C17H22N2O2/c1-13(15-7-8-15)19(9-10-21-2)12-17(20)16-5-3-14(11-18)4-6-16/h3-6,13,15H,7-10,12H2,1-2H3. The third-order valence-corrected chi connectivity index (χ3v) is 4.15. The first-order chi connectivity index (χ1) is 10.2. The molecule has 1 fully saturated rings. The molecule has 0 radical (unpaired) electrons. The van der Waals surface area contributed by atoms with Crippen molar-refractivity contribution in [3.05, 3.63) is 35.4 Å². The Bertz CT molecular complexity index is 515. The largest absolute Gasteiger partial charge is 0.383 e. The van der Waals surface area contributed by atoms with E-state index in [-0.39, 0.29) is 5.78 Å². The molecule has 2 rings (SSSR count). The predicted octanol–water partition coefficient (Wildman–Crippen LogP) is 2.49. The second kappa shape index (κ2) is 7.35. The molecular formula is C17H22N2O2. The lowest BCUT2D eigenvalue weighted by molar-refractivity contribution is 0.0816. The van der Waals surface area contributed by atoms with Gasteiger partial charge in [-0.2, -0.15) is 5.26 Å². The van der Waals surface area contributed by atoms with Crippen LogP contribution in [0.15, 0.2) is 24.3 Å². The summed E-state index contributed by atoms with van der Waals surface area (Å²) in [5.74, 6) is 0.818. The van der Waals surface area contributed by atoms with Crippen LogP contribution >= 0.6 is 0 Å². The molecular weight excluding hydrogens is 264 g/mol. The van der Waals surface area contributed by atoms with Crippen molar-refractivity contribution >= 4 is 5.78 Å². The highest BCUT2D eigenvalue weighted by atomic mass is 16.5. The van der Waals surface area contributed by atoms with Crippen LogP contribution in [0, 0.1) is 17.2 Å². The molecule has 1 aliphatic rings. The van der Waals surface area contributed by atoms with Crippen molar-refractivity contribution < 1.29 is 9.53 Å². The van der Waals surface area contributed by atoms with E-state index in [0.29, 0.717) is 30.3 Å². The molecule has 0 aliphatic heterocycles. The van der Waals surface area contributed by atoms with E-state index in [0.717, 1.165) is 12.5 Å². The molecule has 1 aromatic rings. The van der Waals surface area contributed by atoms with Crippen LogP contribution < -0.4 is 0 Å². The molecule has 1 unspecified atom stereocenters. The van der Waals surface area contributed by atoms with Gasteiger partial charge in [-0.15, -0.1) is 0 Å². The summed E-state index contributed by atoms with van der Waals surface area (Å²) < 4.78 is 5.15. The van der Waals surface area contributed by atoms with E-state index in [9.17, 15) is 4.79 Å². The number of nitriles is 1. The Labute approximate surface area is 126 Å². The maximum absolute atomic E-state index is 12.4. The molecule has 1 saturated carbocycles. The number of nitrogens with zero attached hydrogens (tertiary/aromatic N) is 2. The lowest BCUT2D eigenvalue weighted by atomic mass is 10.1. The van der Waals surface area contributed by atoms with Gasteiger partial charge in [-0.25, -0.2) is 0 Å². The zero-order valence-electron chi connectivity index (χ0n) is 12.7. The van der Waals surface area contributed by atoms with Crippen molar-refractivity contribution in [1.29, 1.82) is 5.26 Å². The van der Waals surface area contributed by atoms with Crippen LogP contribution in [0.5, 0.6) is 0 Å². The van der Waals surface area contributed by atoms with Crippen molar-refractivity contribution in [2.45, 2.75) is 25.8 Å². The van der Waals surface area contributed by atoms with Crippen LogP contribution in [0.1, 0.15) is 35.7 Å². The van der Waals surface area contributed by atoms with Crippen LogP contribution in [0.4, 0.5) is 0 Å². The number of benzene rings is 1. The molecule has 0 aromatic heterocycles. The number of carbonyl (C=O) groups is 1. The molecule has 0 N–H and O–H groups in total. The third kappa shape index (κ3) is 4.38. The van der Waals surface area contributed by atoms with E-state index < -0.39 is 0 Å². The summed E-state index contributed by atoms with van der Waals surface area (Å²) in [6.45, 7) is 4.01. The number of hydrogen-bond acceptors (Lipinski definition) is 4. The fraction of sp³-hybridized carbons (Fsp3) is 0.529. The van der Waals surface area contributed by atoms with Gasteiger partial charge in [0.15, 0.2) is 5.78 Å². The van der Waals surface area contributed by atoms with E-state index in [2.05, 4.69) is 17.9 Å². The monoisotopic (exact) mass is 286 g/mol. The Hall–Kier alpha value is -1.70. The third-order valence-electron chi connectivity index (χ3n) is 4.15. The average Bonchev–Trinajstić information content (AvgIpc) is 3.35. The second-order valence-corrected chi connectivity index (χ2v) is 5.65. The first-order valence-corrected chi connectivity index (χ1v) is 7.42. The molecule has 21 heavy (non-hydrogen) atoms. The first-order valence-electron chi connectivity index (χ1n) is 7.42. The summed E-state index contributed by atoms with van der Waals surface area (Å²) in [4.78, 5) is 14.6. The molecule has 0 spiro atoms. The minimum atomic E-state index is 0.100. The molecule has 4 heteroatoms. The maximum atomic E-state index is 12.4. The molecule has 0 bridgehead atoms. The minimum absolute atomic E-state index is 0.100. The quantitative estimate of drug-likeness (QED) is 0.689. The lowest BCUT2D eigenvalue weighted by Crippen LogP contribution is -2.40. The maximum Gasteiger partial charge on any atom is 0.176 e. The first kappa shape index (κ1) is 15.7. The van der Waals surface area contributed by atoms with Crippen molar-refractivity contribution in [3.63, 3.8) is 0 Å². The van der Waals surface area contributed by atoms with Crippen molar-refractivity contribution in [2.24, 2.45) is 5.92 Å². The van der Waals surface area contributed by atoms with E-state index in [1.54, 1.807) is 31.4 Å². The molecule has 112 valence electrons. The summed E-state index contributed by atoms with van der Waals surface area (Å²) >= 11 is 0. The van der Waals surface area contributed by atoms with Crippen LogP contribution in [-0.4, -0.2) is 43.5 Å². The smallest absolute Gasteiger partial charge is 0.176 e. The van der Waals surface area contributed by atoms with E-state index in [1.807, 2.05) is 0 Å². The Morgan fingerprint density at radius 2 is 2.10 bits per heavy atom. The topological polar surface area (TPSA) is 53.3 Å². The number of hydrogen-bond donors (Lipinski definition) is 0. The minimum Gasteiger partial charge on any atom is -0.383 e. The number of ketones is 1. The summed E-state index contributed by atoms with van der Waals surface area (Å²) in [5, 5.41) is 8.79. The fourth-order valence-electron chi connectivity index (χ4n) is 2.52. The van der Waals surface area contributed by atoms with Gasteiger partial charge in [-0.05, 0) is 37.8 Å². The molecule has 0 amide bonds. The lowest BCUT2D eigenvalue weighted by Gasteiger charge is -2.28. The Balaban J connectivity index is 2.00. The zero-order valence-corrected chi connectivity index (χ0v) is 12.7. The van der Waals surface area contributed by atoms with Gasteiger partial charge in [0.25, 0.3) is 0 Å². The van der Waals surface area contributed by atoms with Crippen molar-refractivity contribution in [2.75, 3.05) is 26.8 Å². The van der Waals surface area contributed by atoms with Gasteiger partial charge in [0.1, 0.15) is 0 Å². The molecule has 1 atom stereocenters. The van der Waals surface area contributed by atoms with E-state index in [4.69, 9.17) is 10.00 Å². The Morgan fingerprint density at radius 3 is 2.62 bits per heavy atom. The van der Waals surface area contributed by atoms with Gasteiger partial charge < -0.3 is 4.74 Å². The number of methoxy groups -OCH3 is 1. The van der Waals surface area contributed by atoms with Crippen LogP contribution in [0.2, 0.25) is 0 Å². The predicted molar refractivity (Wildman–Crippen MR) is 81.1 cm³/mol. The summed E-state index contributed by atoms with van der Waals surface area (Å²) in [6.07, 6.45) is 2.52. The van der Waals surface area contributed by atoms with Gasteiger partial charge in [-0.3, -0.25) is 9.69 Å². The van der Waals surface area contributed by atoms with Gasteiger partial charge in [0.2, 0.25) is 0 Å². The number of carbonyl (C=O) groups excluding carboxylic acids is 1. The number of ether oxygens (including phenoxy) is 1. The van der Waals surface area contributed by atoms with Gasteiger partial charge in [0.05, 0.1) is 24.8 Å². The highest BCUT2D eigenvalue weighted by molar-refractivity contribution is 5.97. The molecule has 0 heterocycles. The van der Waals surface area contributed by atoms with Gasteiger partial charge in [0, 0.05) is 25.3 Å². The van der Waals surface area contributed by atoms with E-state index in [1.165, 1.54) is 12.8 Å². The fourth-order valence-corrected chi connectivity index (χ4v) is 2.52. The Morgan fingerprint density at radius 1 is 1.43 bits per heavy atom. The highest BCUT2D eigenvalue weighted by Gasteiger charge is 2.32. The summed E-state index contributed by atoms with van der Waals surface area (Å²) in [5.41, 5.74) is 1.24. The highest BCUT2D eigenvalue weighted by Crippen LogP contribution is 2.35. The second-order valence-electron chi connectivity index (χ2n) is 5.65. The van der Waals surface area contributed by atoms with Crippen LogP contribution in [0.25, 0.3) is 0 Å². The zero-order chi connectivity index (χ0) is 15.2. The molecule has 1 aromatic carbocycles. The van der Waals surface area contributed by atoms with Crippen LogP contribution in [-0.2, 0) is 4.74 Å². The summed E-state index contributed by atoms with van der Waals surface area (Å²) in [7, 11) is 1.68. The average molecular weight is 286 g/mol. The van der Waals surface area contributed by atoms with Crippen molar-refractivity contribution in [1.82, 2.24) is 4.90 Å².